The van der Waals surface area contributed by atoms with Gasteiger partial charge < -0.3 is 14.2 Å². The molecular weight excluding hydrogens is 172 g/mol. The smallest absolute Gasteiger partial charge is 0.332 e. The molecule has 1 atom stereocenters. The zero-order valence-corrected chi connectivity index (χ0v) is 8.12. The van der Waals surface area contributed by atoms with Gasteiger partial charge in [-0.25, -0.2) is 4.79 Å². The molecule has 0 aromatic carbocycles. The highest BCUT2D eigenvalue weighted by Crippen LogP contribution is 1.95. The fourth-order valence-electron chi connectivity index (χ4n) is 0.741. The van der Waals surface area contributed by atoms with E-state index in [1.54, 1.807) is 7.11 Å². The first-order valence-corrected chi connectivity index (χ1v) is 4.06. The summed E-state index contributed by atoms with van der Waals surface area (Å²) in [5, 5.41) is 0. The first kappa shape index (κ1) is 12.1. The Morgan fingerprint density at radius 2 is 2.23 bits per heavy atom. The minimum atomic E-state index is -0.473. The lowest BCUT2D eigenvalue weighted by Crippen LogP contribution is -2.14. The molecule has 0 aromatic heterocycles. The Morgan fingerprint density at radius 3 is 2.77 bits per heavy atom. The molecule has 0 heterocycles. The quantitative estimate of drug-likeness (QED) is 0.258. The Labute approximate surface area is 78.5 Å². The summed E-state index contributed by atoms with van der Waals surface area (Å²) in [6.07, 6.45) is 1.10. The molecule has 4 heteroatoms. The lowest BCUT2D eigenvalue weighted by atomic mass is 10.2. The normalized spacial score (nSPS) is 12.2. The van der Waals surface area contributed by atoms with Crippen molar-refractivity contribution in [1.29, 1.82) is 0 Å². The van der Waals surface area contributed by atoms with E-state index in [4.69, 9.17) is 9.47 Å². The van der Waals surface area contributed by atoms with Crippen molar-refractivity contribution in [1.82, 2.24) is 0 Å². The first-order chi connectivity index (χ1) is 6.20. The molecular formula is C9H16O4. The minimum Gasteiger partial charge on any atom is -0.435 e. The van der Waals surface area contributed by atoms with E-state index >= 15 is 0 Å². The summed E-state index contributed by atoms with van der Waals surface area (Å²) in [6, 6.07) is 0. The standard InChI is InChI=1S/C9H16O4/c1-4-9(10)13-7-12-6-8(2)5-11-3/h4,8H,1,5-7H2,2-3H3. The first-order valence-electron chi connectivity index (χ1n) is 4.06. The van der Waals surface area contributed by atoms with Crippen LogP contribution in [0, 0.1) is 5.92 Å². The van der Waals surface area contributed by atoms with Crippen molar-refractivity contribution in [2.45, 2.75) is 6.92 Å². The van der Waals surface area contributed by atoms with Crippen LogP contribution in [0.15, 0.2) is 12.7 Å². The van der Waals surface area contributed by atoms with E-state index in [1.165, 1.54) is 0 Å². The Kier molecular flexibility index (Phi) is 7.24. The predicted molar refractivity (Wildman–Crippen MR) is 48.1 cm³/mol. The van der Waals surface area contributed by atoms with Gasteiger partial charge in [-0.15, -0.1) is 0 Å². The van der Waals surface area contributed by atoms with Gasteiger partial charge in [0.2, 0.25) is 0 Å². The van der Waals surface area contributed by atoms with E-state index in [0.29, 0.717) is 19.1 Å². The second-order valence-corrected chi connectivity index (χ2v) is 2.72. The van der Waals surface area contributed by atoms with Crippen molar-refractivity contribution < 1.29 is 19.0 Å². The van der Waals surface area contributed by atoms with Gasteiger partial charge in [-0.1, -0.05) is 13.5 Å². The van der Waals surface area contributed by atoms with E-state index in [9.17, 15) is 4.79 Å². The van der Waals surface area contributed by atoms with Gasteiger partial charge >= 0.3 is 5.97 Å². The van der Waals surface area contributed by atoms with Crippen molar-refractivity contribution in [3.05, 3.63) is 12.7 Å². The highest BCUT2D eigenvalue weighted by Gasteiger charge is 2.01. The Morgan fingerprint density at radius 1 is 1.54 bits per heavy atom. The molecule has 0 spiro atoms. The largest absolute Gasteiger partial charge is 0.435 e. The number of esters is 1. The monoisotopic (exact) mass is 188 g/mol. The van der Waals surface area contributed by atoms with Crippen LogP contribution < -0.4 is 0 Å². The van der Waals surface area contributed by atoms with E-state index in [0.717, 1.165) is 6.08 Å². The molecule has 0 fully saturated rings. The van der Waals surface area contributed by atoms with E-state index in [2.05, 4.69) is 11.3 Å². The van der Waals surface area contributed by atoms with Crippen LogP contribution in [0.4, 0.5) is 0 Å². The van der Waals surface area contributed by atoms with Crippen LogP contribution >= 0.6 is 0 Å². The van der Waals surface area contributed by atoms with Crippen molar-refractivity contribution in [3.63, 3.8) is 0 Å². The molecule has 0 rings (SSSR count). The number of methoxy groups -OCH3 is 1. The number of carbonyl (C=O) groups excluding carboxylic acids is 1. The molecule has 0 aliphatic carbocycles. The van der Waals surface area contributed by atoms with Crippen LogP contribution in [-0.4, -0.2) is 33.1 Å². The van der Waals surface area contributed by atoms with Crippen molar-refractivity contribution in [2.75, 3.05) is 27.1 Å². The summed E-state index contributed by atoms with van der Waals surface area (Å²) in [7, 11) is 1.63. The summed E-state index contributed by atoms with van der Waals surface area (Å²) >= 11 is 0. The van der Waals surface area contributed by atoms with Gasteiger partial charge in [0.15, 0.2) is 6.79 Å². The summed E-state index contributed by atoms with van der Waals surface area (Å²) in [6.45, 7) is 6.36. The van der Waals surface area contributed by atoms with Crippen LogP contribution in [0.25, 0.3) is 0 Å². The van der Waals surface area contributed by atoms with Gasteiger partial charge in [0, 0.05) is 19.1 Å². The molecule has 0 saturated carbocycles. The predicted octanol–water partition coefficient (Wildman–Crippen LogP) is 0.972. The maximum atomic E-state index is 10.5. The lowest BCUT2D eigenvalue weighted by Gasteiger charge is -2.10. The van der Waals surface area contributed by atoms with Gasteiger partial charge in [-0.3, -0.25) is 0 Å². The van der Waals surface area contributed by atoms with Crippen molar-refractivity contribution >= 4 is 5.97 Å². The van der Waals surface area contributed by atoms with Gasteiger partial charge in [0.25, 0.3) is 0 Å². The maximum absolute atomic E-state index is 10.5. The summed E-state index contributed by atoms with van der Waals surface area (Å²) in [5.74, 6) is -0.174. The van der Waals surface area contributed by atoms with E-state index in [-0.39, 0.29) is 6.79 Å². The van der Waals surface area contributed by atoms with Crippen LogP contribution in [0.5, 0.6) is 0 Å². The Hall–Kier alpha value is -0.870. The molecule has 13 heavy (non-hydrogen) atoms. The molecule has 0 aliphatic rings. The second kappa shape index (κ2) is 7.76. The van der Waals surface area contributed by atoms with Gasteiger partial charge in [-0.2, -0.15) is 0 Å². The van der Waals surface area contributed by atoms with Gasteiger partial charge in [0.1, 0.15) is 0 Å². The molecule has 0 aromatic rings. The van der Waals surface area contributed by atoms with Crippen LogP contribution in [0.3, 0.4) is 0 Å². The molecule has 1 unspecified atom stereocenters. The molecule has 0 amide bonds. The minimum absolute atomic E-state index is 0.0289. The van der Waals surface area contributed by atoms with Crippen LogP contribution in [0.2, 0.25) is 0 Å². The Bertz CT molecular complexity index is 156. The average Bonchev–Trinajstić information content (AvgIpc) is 2.12. The number of hydrogen-bond acceptors (Lipinski definition) is 4. The average molecular weight is 188 g/mol. The third-order valence-electron chi connectivity index (χ3n) is 1.30. The molecule has 76 valence electrons. The van der Waals surface area contributed by atoms with Crippen molar-refractivity contribution in [3.8, 4) is 0 Å². The third kappa shape index (κ3) is 7.49. The SMILES string of the molecule is C=CC(=O)OCOCC(C)COC. The zero-order valence-electron chi connectivity index (χ0n) is 8.12. The highest BCUT2D eigenvalue weighted by atomic mass is 16.7. The fourth-order valence-corrected chi connectivity index (χ4v) is 0.741. The molecule has 0 bridgehead atoms. The number of rotatable bonds is 7. The number of ether oxygens (including phenoxy) is 3. The topological polar surface area (TPSA) is 44.8 Å². The number of hydrogen-bond donors (Lipinski definition) is 0. The molecule has 4 nitrogen and oxygen atoms in total. The molecule has 0 N–H and O–H groups in total. The van der Waals surface area contributed by atoms with Gasteiger partial charge in [-0.05, 0) is 0 Å². The van der Waals surface area contributed by atoms with Gasteiger partial charge in [0.05, 0.1) is 13.2 Å². The fraction of sp³-hybridized carbons (Fsp3) is 0.667. The molecule has 0 saturated heterocycles. The molecule has 0 radical (unpaired) electrons. The summed E-state index contributed by atoms with van der Waals surface area (Å²) < 4.78 is 14.5. The van der Waals surface area contributed by atoms with Crippen LogP contribution in [0.1, 0.15) is 6.92 Å². The maximum Gasteiger partial charge on any atom is 0.332 e. The molecule has 0 aliphatic heterocycles. The van der Waals surface area contributed by atoms with Crippen LogP contribution in [-0.2, 0) is 19.0 Å². The van der Waals surface area contributed by atoms with Crippen molar-refractivity contribution in [2.24, 2.45) is 5.92 Å². The summed E-state index contributed by atoms with van der Waals surface area (Å²) in [5.41, 5.74) is 0. The second-order valence-electron chi connectivity index (χ2n) is 2.72. The number of carbonyl (C=O) groups is 1. The highest BCUT2D eigenvalue weighted by molar-refractivity contribution is 5.81. The van der Waals surface area contributed by atoms with E-state index in [1.807, 2.05) is 6.92 Å². The summed E-state index contributed by atoms with van der Waals surface area (Å²) in [4.78, 5) is 10.5. The zero-order chi connectivity index (χ0) is 10.1. The Balaban J connectivity index is 3.24. The van der Waals surface area contributed by atoms with E-state index < -0.39 is 5.97 Å². The lowest BCUT2D eigenvalue weighted by molar-refractivity contribution is -0.151. The third-order valence-corrected chi connectivity index (χ3v) is 1.30.